The second-order valence-corrected chi connectivity index (χ2v) is 4.63. The number of aromatic amines is 1. The van der Waals surface area contributed by atoms with Crippen LogP contribution in [0.15, 0.2) is 52.1 Å². The molecule has 0 amide bonds. The molecule has 0 aliphatic carbocycles. The van der Waals surface area contributed by atoms with Gasteiger partial charge in [-0.2, -0.15) is 4.99 Å². The molecule has 0 saturated heterocycles. The average molecular weight is 327 g/mol. The molecule has 0 bridgehead atoms. The summed E-state index contributed by atoms with van der Waals surface area (Å²) in [5.74, 6) is 0.867. The maximum absolute atomic E-state index is 7.22. The molecule has 2 aromatic rings. The predicted molar refractivity (Wildman–Crippen MR) is 75.7 cm³/mol. The number of ether oxygens (including phenoxy) is 1. The maximum atomic E-state index is 7.22. The van der Waals surface area contributed by atoms with E-state index in [1.165, 1.54) is 0 Å². The lowest BCUT2D eigenvalue weighted by atomic mass is 10.3. The SMILES string of the molecule is N=C(Cl)N=C(Oc1ccccc1)c1cc(Br)c[nH]1. The molecule has 1 heterocycles. The van der Waals surface area contributed by atoms with Gasteiger partial charge in [-0.3, -0.25) is 5.41 Å². The molecule has 6 heteroatoms. The van der Waals surface area contributed by atoms with Crippen molar-refractivity contribution >= 4 is 38.7 Å². The van der Waals surface area contributed by atoms with Crippen molar-refractivity contribution < 1.29 is 4.74 Å². The van der Waals surface area contributed by atoms with Gasteiger partial charge in [-0.15, -0.1) is 0 Å². The Morgan fingerprint density at radius 3 is 2.61 bits per heavy atom. The number of halogens is 2. The molecule has 4 nitrogen and oxygen atoms in total. The molecule has 0 unspecified atom stereocenters. The van der Waals surface area contributed by atoms with Crippen LogP contribution < -0.4 is 4.74 Å². The molecular formula is C12H9BrClN3O. The molecule has 0 aliphatic rings. The monoisotopic (exact) mass is 325 g/mol. The first kappa shape index (κ1) is 12.9. The highest BCUT2D eigenvalue weighted by Crippen LogP contribution is 2.15. The zero-order valence-electron chi connectivity index (χ0n) is 9.15. The third-order valence-electron chi connectivity index (χ3n) is 2.04. The molecule has 0 saturated carbocycles. The van der Waals surface area contributed by atoms with Crippen molar-refractivity contribution in [2.24, 2.45) is 4.99 Å². The number of benzene rings is 1. The Labute approximate surface area is 117 Å². The first-order valence-corrected chi connectivity index (χ1v) is 6.22. The number of H-pyrrole nitrogens is 1. The van der Waals surface area contributed by atoms with Gasteiger partial charge in [0.25, 0.3) is 0 Å². The van der Waals surface area contributed by atoms with Crippen LogP contribution in [0.25, 0.3) is 0 Å². The van der Waals surface area contributed by atoms with E-state index in [0.717, 1.165) is 4.47 Å². The highest BCUT2D eigenvalue weighted by molar-refractivity contribution is 9.10. The first-order valence-electron chi connectivity index (χ1n) is 5.05. The van der Waals surface area contributed by atoms with Crippen LogP contribution >= 0.6 is 27.5 Å². The van der Waals surface area contributed by atoms with Crippen molar-refractivity contribution in [1.29, 1.82) is 5.41 Å². The average Bonchev–Trinajstić information content (AvgIpc) is 2.76. The zero-order chi connectivity index (χ0) is 13.0. The molecule has 92 valence electrons. The van der Waals surface area contributed by atoms with E-state index in [-0.39, 0.29) is 11.2 Å². The summed E-state index contributed by atoms with van der Waals surface area (Å²) in [6.07, 6.45) is 1.75. The topological polar surface area (TPSA) is 61.2 Å². The Morgan fingerprint density at radius 1 is 1.33 bits per heavy atom. The third kappa shape index (κ3) is 3.45. The Balaban J connectivity index is 2.30. The Morgan fingerprint density at radius 2 is 2.06 bits per heavy atom. The molecular weight excluding hydrogens is 318 g/mol. The van der Waals surface area contributed by atoms with Crippen LogP contribution in [0.3, 0.4) is 0 Å². The Bertz CT molecular complexity index is 580. The normalized spacial score (nSPS) is 11.3. The lowest BCUT2D eigenvalue weighted by Crippen LogP contribution is -2.12. The van der Waals surface area contributed by atoms with E-state index >= 15 is 0 Å². The highest BCUT2D eigenvalue weighted by atomic mass is 79.9. The molecule has 0 aliphatic heterocycles. The smallest absolute Gasteiger partial charge is 0.246 e. The number of aromatic nitrogens is 1. The van der Waals surface area contributed by atoms with E-state index in [1.54, 1.807) is 24.4 Å². The van der Waals surface area contributed by atoms with Gasteiger partial charge in [-0.25, -0.2) is 0 Å². The zero-order valence-corrected chi connectivity index (χ0v) is 11.5. The van der Waals surface area contributed by atoms with E-state index in [1.807, 2.05) is 18.2 Å². The maximum Gasteiger partial charge on any atom is 0.246 e. The van der Waals surface area contributed by atoms with Crippen molar-refractivity contribution in [2.45, 2.75) is 0 Å². The van der Waals surface area contributed by atoms with Crippen LogP contribution in [-0.4, -0.2) is 16.2 Å². The van der Waals surface area contributed by atoms with Crippen molar-refractivity contribution in [1.82, 2.24) is 4.98 Å². The lowest BCUT2D eigenvalue weighted by molar-refractivity contribution is 0.552. The number of aliphatic imine (C=N–C) groups is 1. The molecule has 0 atom stereocenters. The minimum absolute atomic E-state index is 0.243. The number of hydrogen-bond donors (Lipinski definition) is 2. The van der Waals surface area contributed by atoms with Gasteiger partial charge in [0.1, 0.15) is 11.4 Å². The van der Waals surface area contributed by atoms with Gasteiger partial charge in [0, 0.05) is 10.7 Å². The fraction of sp³-hybridized carbons (Fsp3) is 0. The van der Waals surface area contributed by atoms with Crippen LogP contribution in [0.1, 0.15) is 5.69 Å². The van der Waals surface area contributed by atoms with Crippen molar-refractivity contribution in [3.63, 3.8) is 0 Å². The summed E-state index contributed by atoms with van der Waals surface area (Å²) in [4.78, 5) is 6.82. The Kier molecular flexibility index (Phi) is 4.17. The van der Waals surface area contributed by atoms with Gasteiger partial charge < -0.3 is 9.72 Å². The van der Waals surface area contributed by atoms with Crippen molar-refractivity contribution in [3.8, 4) is 5.75 Å². The predicted octanol–water partition coefficient (Wildman–Crippen LogP) is 3.78. The second-order valence-electron chi connectivity index (χ2n) is 3.35. The minimum Gasteiger partial charge on any atom is -0.437 e. The summed E-state index contributed by atoms with van der Waals surface area (Å²) in [5.41, 5.74) is 0.635. The van der Waals surface area contributed by atoms with Gasteiger partial charge in [0.15, 0.2) is 0 Å². The summed E-state index contributed by atoms with van der Waals surface area (Å²) in [6, 6.07) is 11.0. The standard InChI is InChI=1S/C12H9BrClN3O/c13-8-6-10(16-7-8)11(17-12(14)15)18-9-4-2-1-3-5-9/h1-7,15-16H. The summed E-state index contributed by atoms with van der Waals surface area (Å²) in [6.45, 7) is 0. The Hall–Kier alpha value is -1.59. The van der Waals surface area contributed by atoms with Crippen molar-refractivity contribution in [3.05, 3.63) is 52.8 Å². The summed E-state index contributed by atoms with van der Waals surface area (Å²) < 4.78 is 6.46. The molecule has 1 aromatic heterocycles. The number of hydrogen-bond acceptors (Lipinski definition) is 2. The third-order valence-corrected chi connectivity index (χ3v) is 2.58. The quantitative estimate of drug-likeness (QED) is 0.492. The minimum atomic E-state index is -0.341. The number of nitrogens with one attached hydrogen (secondary N) is 2. The van der Waals surface area contributed by atoms with E-state index in [0.29, 0.717) is 11.4 Å². The van der Waals surface area contributed by atoms with Crippen LogP contribution in [0.4, 0.5) is 0 Å². The summed E-state index contributed by atoms with van der Waals surface area (Å²) in [5, 5.41) is 6.88. The molecule has 0 fully saturated rings. The van der Waals surface area contributed by atoms with Gasteiger partial charge in [0.05, 0.1) is 0 Å². The molecule has 2 N–H and O–H groups in total. The van der Waals surface area contributed by atoms with Crippen LogP contribution in [-0.2, 0) is 0 Å². The van der Waals surface area contributed by atoms with Gasteiger partial charge >= 0.3 is 0 Å². The molecule has 2 rings (SSSR count). The number of amidine groups is 1. The molecule has 18 heavy (non-hydrogen) atoms. The van der Waals surface area contributed by atoms with Gasteiger partial charge in [0.2, 0.25) is 11.2 Å². The van der Waals surface area contributed by atoms with Gasteiger partial charge in [-0.05, 0) is 45.7 Å². The number of rotatable bonds is 2. The van der Waals surface area contributed by atoms with E-state index in [4.69, 9.17) is 21.7 Å². The van der Waals surface area contributed by atoms with E-state index in [9.17, 15) is 0 Å². The van der Waals surface area contributed by atoms with Crippen LogP contribution in [0, 0.1) is 5.41 Å². The molecule has 0 spiro atoms. The van der Waals surface area contributed by atoms with Crippen LogP contribution in [0.2, 0.25) is 0 Å². The van der Waals surface area contributed by atoms with Gasteiger partial charge in [-0.1, -0.05) is 18.2 Å². The molecule has 1 aromatic carbocycles. The fourth-order valence-electron chi connectivity index (χ4n) is 1.32. The van der Waals surface area contributed by atoms with Crippen molar-refractivity contribution in [2.75, 3.05) is 0 Å². The summed E-state index contributed by atoms with van der Waals surface area (Å²) in [7, 11) is 0. The first-order chi connectivity index (χ1) is 8.65. The number of nitrogens with zero attached hydrogens (tertiary/aromatic N) is 1. The fourth-order valence-corrected chi connectivity index (χ4v) is 1.74. The van der Waals surface area contributed by atoms with E-state index < -0.39 is 0 Å². The van der Waals surface area contributed by atoms with E-state index in [2.05, 4.69) is 25.9 Å². The molecule has 0 radical (unpaired) electrons. The van der Waals surface area contributed by atoms with Crippen LogP contribution in [0.5, 0.6) is 5.75 Å². The summed E-state index contributed by atoms with van der Waals surface area (Å²) >= 11 is 8.81. The second kappa shape index (κ2) is 5.84. The number of para-hydroxylation sites is 1. The highest BCUT2D eigenvalue weighted by Gasteiger charge is 2.09. The lowest BCUT2D eigenvalue weighted by Gasteiger charge is -2.06. The largest absolute Gasteiger partial charge is 0.437 e.